The zero-order chi connectivity index (χ0) is 20.9. The lowest BCUT2D eigenvalue weighted by Gasteiger charge is -2.42. The van der Waals surface area contributed by atoms with E-state index >= 15 is 0 Å². The third-order valence-corrected chi connectivity index (χ3v) is 4.92. The Balaban J connectivity index is 2.42. The Hall–Kier alpha value is -2.12. The Morgan fingerprint density at radius 3 is 2.57 bits per heavy atom. The molecule has 1 N–H and O–H groups in total. The van der Waals surface area contributed by atoms with E-state index in [1.54, 1.807) is 25.9 Å². The first-order valence-electron chi connectivity index (χ1n) is 9.69. The summed E-state index contributed by atoms with van der Waals surface area (Å²) in [5.74, 6) is 0.0558. The largest absolute Gasteiger partial charge is 0.441 e. The highest BCUT2D eigenvalue weighted by Gasteiger charge is 2.41. The Labute approximate surface area is 167 Å². The highest BCUT2D eigenvalue weighted by molar-refractivity contribution is 5.88. The molecule has 0 spiro atoms. The van der Waals surface area contributed by atoms with Crippen LogP contribution in [0, 0.1) is 0 Å². The summed E-state index contributed by atoms with van der Waals surface area (Å²) < 4.78 is 10.6. The van der Waals surface area contributed by atoms with Crippen molar-refractivity contribution in [3.63, 3.8) is 0 Å². The van der Waals surface area contributed by atoms with E-state index in [1.807, 2.05) is 24.3 Å². The maximum atomic E-state index is 13.3. The van der Waals surface area contributed by atoms with Crippen LogP contribution in [0.15, 0.2) is 24.3 Å². The normalized spacial score (nSPS) is 18.0. The van der Waals surface area contributed by atoms with Crippen molar-refractivity contribution in [1.29, 1.82) is 0 Å². The number of aliphatic hydroxyl groups is 1. The molecule has 0 radical (unpaired) electrons. The molecule has 1 saturated heterocycles. The van der Waals surface area contributed by atoms with Gasteiger partial charge in [-0.05, 0) is 30.9 Å². The molecule has 1 aromatic carbocycles. The van der Waals surface area contributed by atoms with Crippen LogP contribution >= 0.6 is 0 Å². The smallest absolute Gasteiger partial charge is 0.411 e. The van der Waals surface area contributed by atoms with Crippen LogP contribution in [-0.4, -0.2) is 72.5 Å². The molecule has 1 fully saturated rings. The summed E-state index contributed by atoms with van der Waals surface area (Å²) in [7, 11) is 1.60. The fraction of sp³-hybridized carbons (Fsp3) is 0.619. The number of carbonyl (C=O) groups excluding carboxylic acids is 2. The second-order valence-corrected chi connectivity index (χ2v) is 7.98. The number of aliphatic hydroxyl groups excluding tert-OH is 1. The van der Waals surface area contributed by atoms with E-state index in [2.05, 4.69) is 13.8 Å². The molecule has 1 aliphatic heterocycles. The van der Waals surface area contributed by atoms with Gasteiger partial charge >= 0.3 is 6.09 Å². The molecule has 1 unspecified atom stereocenters. The quantitative estimate of drug-likeness (QED) is 0.771. The molecule has 2 amide bonds. The van der Waals surface area contributed by atoms with E-state index in [-0.39, 0.29) is 18.4 Å². The van der Waals surface area contributed by atoms with Gasteiger partial charge in [0.25, 0.3) is 0 Å². The summed E-state index contributed by atoms with van der Waals surface area (Å²) >= 11 is 0. The van der Waals surface area contributed by atoms with Crippen LogP contribution in [0.1, 0.15) is 50.8 Å². The van der Waals surface area contributed by atoms with Gasteiger partial charge in [-0.3, -0.25) is 9.69 Å². The van der Waals surface area contributed by atoms with Crippen molar-refractivity contribution in [3.05, 3.63) is 35.4 Å². The predicted molar refractivity (Wildman–Crippen MR) is 106 cm³/mol. The topological polar surface area (TPSA) is 79.3 Å². The minimum atomic E-state index is -1.02. The van der Waals surface area contributed by atoms with Crippen LogP contribution in [0.4, 0.5) is 4.79 Å². The second kappa shape index (κ2) is 9.39. The van der Waals surface area contributed by atoms with Crippen LogP contribution in [-0.2, 0) is 14.3 Å². The Bertz CT molecular complexity index is 689. The Morgan fingerprint density at radius 1 is 1.29 bits per heavy atom. The number of hydrogen-bond acceptors (Lipinski definition) is 5. The van der Waals surface area contributed by atoms with E-state index in [4.69, 9.17) is 9.47 Å². The van der Waals surface area contributed by atoms with Crippen molar-refractivity contribution in [2.24, 2.45) is 0 Å². The molecule has 0 saturated carbocycles. The van der Waals surface area contributed by atoms with Crippen molar-refractivity contribution in [2.45, 2.75) is 45.3 Å². The second-order valence-electron chi connectivity index (χ2n) is 7.98. The van der Waals surface area contributed by atoms with Gasteiger partial charge in [-0.15, -0.1) is 0 Å². The summed E-state index contributed by atoms with van der Waals surface area (Å²) in [4.78, 5) is 29.4. The van der Waals surface area contributed by atoms with Crippen molar-refractivity contribution in [1.82, 2.24) is 9.80 Å². The maximum absolute atomic E-state index is 13.3. The number of benzene rings is 1. The maximum Gasteiger partial charge on any atom is 0.411 e. The first-order chi connectivity index (χ1) is 13.2. The van der Waals surface area contributed by atoms with Crippen molar-refractivity contribution < 1.29 is 24.2 Å². The lowest BCUT2D eigenvalue weighted by molar-refractivity contribution is -0.142. The van der Waals surface area contributed by atoms with Crippen LogP contribution in [0.25, 0.3) is 0 Å². The SMILES string of the molecule is COCCN1CCN(C(=O)OC(C)(C)CO)C(c2ccccc2C(C)C)C1=O. The molecule has 1 aliphatic rings. The van der Waals surface area contributed by atoms with E-state index < -0.39 is 17.7 Å². The van der Waals surface area contributed by atoms with E-state index in [0.717, 1.165) is 11.1 Å². The first-order valence-corrected chi connectivity index (χ1v) is 9.69. The van der Waals surface area contributed by atoms with Gasteiger partial charge in [0.05, 0.1) is 13.2 Å². The molecule has 2 rings (SSSR count). The number of piperazine rings is 1. The van der Waals surface area contributed by atoms with Crippen LogP contribution in [0.5, 0.6) is 0 Å². The lowest BCUT2D eigenvalue weighted by atomic mass is 9.90. The molecule has 0 bridgehead atoms. The summed E-state index contributed by atoms with van der Waals surface area (Å²) in [6, 6.07) is 6.94. The van der Waals surface area contributed by atoms with E-state index in [1.165, 1.54) is 4.90 Å². The number of methoxy groups -OCH3 is 1. The summed E-state index contributed by atoms with van der Waals surface area (Å²) in [6.45, 7) is 8.78. The van der Waals surface area contributed by atoms with Crippen LogP contribution in [0.2, 0.25) is 0 Å². The zero-order valence-corrected chi connectivity index (χ0v) is 17.5. The van der Waals surface area contributed by atoms with Gasteiger partial charge < -0.3 is 19.5 Å². The average Bonchev–Trinajstić information content (AvgIpc) is 2.66. The van der Waals surface area contributed by atoms with Crippen LogP contribution < -0.4 is 0 Å². The van der Waals surface area contributed by atoms with Gasteiger partial charge in [-0.1, -0.05) is 38.1 Å². The van der Waals surface area contributed by atoms with Crippen molar-refractivity contribution >= 4 is 12.0 Å². The highest BCUT2D eigenvalue weighted by atomic mass is 16.6. The van der Waals surface area contributed by atoms with Gasteiger partial charge in [0.15, 0.2) is 0 Å². The number of carbonyl (C=O) groups is 2. The molecule has 156 valence electrons. The standard InChI is InChI=1S/C21H32N2O5/c1-15(2)16-8-6-7-9-17(16)18-19(25)22(12-13-27-5)10-11-23(18)20(26)28-21(3,4)14-24/h6-9,15,18,24H,10-14H2,1-5H3. The summed E-state index contributed by atoms with van der Waals surface area (Å²) in [5.41, 5.74) is 0.812. The minimum absolute atomic E-state index is 0.143. The fourth-order valence-electron chi connectivity index (χ4n) is 3.31. The van der Waals surface area contributed by atoms with Gasteiger partial charge in [0.1, 0.15) is 11.6 Å². The Kier molecular flexibility index (Phi) is 7.43. The van der Waals surface area contributed by atoms with Crippen molar-refractivity contribution in [2.75, 3.05) is 40.0 Å². The average molecular weight is 392 g/mol. The molecule has 1 atom stereocenters. The molecule has 28 heavy (non-hydrogen) atoms. The molecule has 7 nitrogen and oxygen atoms in total. The van der Waals surface area contributed by atoms with Gasteiger partial charge in [0, 0.05) is 26.7 Å². The molecule has 1 heterocycles. The van der Waals surface area contributed by atoms with Gasteiger partial charge in [-0.2, -0.15) is 0 Å². The number of nitrogens with zero attached hydrogens (tertiary/aromatic N) is 2. The number of amides is 2. The molecule has 1 aromatic rings. The van der Waals surface area contributed by atoms with Crippen molar-refractivity contribution in [3.8, 4) is 0 Å². The predicted octanol–water partition coefficient (Wildman–Crippen LogP) is 2.55. The molecule has 0 aromatic heterocycles. The van der Waals surface area contributed by atoms with E-state index in [9.17, 15) is 14.7 Å². The highest BCUT2D eigenvalue weighted by Crippen LogP contribution is 2.33. The number of rotatable bonds is 7. The lowest BCUT2D eigenvalue weighted by Crippen LogP contribution is -2.56. The fourth-order valence-corrected chi connectivity index (χ4v) is 3.31. The summed E-state index contributed by atoms with van der Waals surface area (Å²) in [6.07, 6.45) is -0.595. The Morgan fingerprint density at radius 2 is 1.96 bits per heavy atom. The van der Waals surface area contributed by atoms with Gasteiger partial charge in [-0.25, -0.2) is 4.79 Å². The third kappa shape index (κ3) is 5.02. The zero-order valence-electron chi connectivity index (χ0n) is 17.5. The first kappa shape index (κ1) is 22.2. The molecule has 0 aliphatic carbocycles. The monoisotopic (exact) mass is 392 g/mol. The number of hydrogen-bond donors (Lipinski definition) is 1. The minimum Gasteiger partial charge on any atom is -0.441 e. The third-order valence-electron chi connectivity index (χ3n) is 4.92. The summed E-state index contributed by atoms with van der Waals surface area (Å²) in [5, 5.41) is 9.45. The molecular weight excluding hydrogens is 360 g/mol. The van der Waals surface area contributed by atoms with E-state index in [0.29, 0.717) is 26.2 Å². The van der Waals surface area contributed by atoms with Crippen LogP contribution in [0.3, 0.4) is 0 Å². The van der Waals surface area contributed by atoms with Gasteiger partial charge in [0.2, 0.25) is 5.91 Å². The molecular formula is C21H32N2O5. The number of ether oxygens (including phenoxy) is 2. The molecule has 7 heteroatoms.